The van der Waals surface area contributed by atoms with Crippen LogP contribution in [-0.2, 0) is 16.6 Å². The van der Waals surface area contributed by atoms with Crippen molar-refractivity contribution in [3.05, 3.63) is 11.3 Å². The molecule has 0 aliphatic rings. The Balaban J connectivity index is 2.70. The summed E-state index contributed by atoms with van der Waals surface area (Å²) in [6.07, 6.45) is -5.63. The van der Waals surface area contributed by atoms with Gasteiger partial charge in [0.2, 0.25) is 0 Å². The van der Waals surface area contributed by atoms with Crippen molar-refractivity contribution >= 4 is 10.0 Å². The third-order valence-corrected chi connectivity index (χ3v) is 4.20. The van der Waals surface area contributed by atoms with Gasteiger partial charge in [0, 0.05) is 30.8 Å². The Bertz CT molecular complexity index is 554. The van der Waals surface area contributed by atoms with Crippen molar-refractivity contribution in [1.82, 2.24) is 20.2 Å². The topological polar surface area (TPSA) is 86.9 Å². The molecule has 0 radical (unpaired) electrons. The zero-order chi connectivity index (χ0) is 16.1. The summed E-state index contributed by atoms with van der Waals surface area (Å²) in [5.41, 5.74) is 1.09. The molecule has 0 bridgehead atoms. The quantitative estimate of drug-likeness (QED) is 0.630. The van der Waals surface area contributed by atoms with E-state index in [1.807, 2.05) is 6.92 Å². The second-order valence-corrected chi connectivity index (χ2v) is 6.21. The highest BCUT2D eigenvalue weighted by molar-refractivity contribution is 7.89. The van der Waals surface area contributed by atoms with E-state index in [4.69, 9.17) is 0 Å². The molecule has 0 atom stereocenters. The van der Waals surface area contributed by atoms with Crippen LogP contribution in [0.4, 0.5) is 13.2 Å². The van der Waals surface area contributed by atoms with E-state index in [1.165, 1.54) is 0 Å². The lowest BCUT2D eigenvalue weighted by Gasteiger charge is -2.08. The second kappa shape index (κ2) is 7.23. The Labute approximate surface area is 121 Å². The van der Waals surface area contributed by atoms with Crippen LogP contribution in [-0.4, -0.2) is 37.9 Å². The standard InChI is InChI=1S/C11H19F3N4O2S/c1-3-15-7-9-8(2)17-18-10(9)21(19,20)16-6-4-5-11(12,13)14/h15-16H,3-7H2,1-2H3,(H,17,18). The van der Waals surface area contributed by atoms with Gasteiger partial charge >= 0.3 is 6.18 Å². The van der Waals surface area contributed by atoms with Crippen LogP contribution in [0.3, 0.4) is 0 Å². The fourth-order valence-corrected chi connectivity index (χ4v) is 2.94. The van der Waals surface area contributed by atoms with Gasteiger partial charge in [-0.1, -0.05) is 6.92 Å². The molecule has 0 saturated carbocycles. The largest absolute Gasteiger partial charge is 0.389 e. The van der Waals surface area contributed by atoms with Gasteiger partial charge in [-0.05, 0) is 19.9 Å². The summed E-state index contributed by atoms with van der Waals surface area (Å²) in [4.78, 5) is 0. The molecular formula is C11H19F3N4O2S. The van der Waals surface area contributed by atoms with E-state index in [1.54, 1.807) is 6.92 Å². The van der Waals surface area contributed by atoms with Gasteiger partial charge in [0.05, 0.1) is 0 Å². The Morgan fingerprint density at radius 3 is 2.57 bits per heavy atom. The first-order valence-corrected chi connectivity index (χ1v) is 7.96. The molecular weight excluding hydrogens is 309 g/mol. The molecule has 1 rings (SSSR count). The van der Waals surface area contributed by atoms with E-state index < -0.39 is 22.6 Å². The number of hydrogen-bond acceptors (Lipinski definition) is 4. The number of nitrogens with zero attached hydrogens (tertiary/aromatic N) is 1. The Morgan fingerprint density at radius 2 is 2.00 bits per heavy atom. The summed E-state index contributed by atoms with van der Waals surface area (Å²) in [7, 11) is -3.92. The molecule has 1 heterocycles. The van der Waals surface area contributed by atoms with Crippen LogP contribution >= 0.6 is 0 Å². The number of aromatic amines is 1. The number of nitrogens with one attached hydrogen (secondary N) is 3. The molecule has 3 N–H and O–H groups in total. The fraction of sp³-hybridized carbons (Fsp3) is 0.727. The maximum atomic E-state index is 12.1. The first-order chi connectivity index (χ1) is 9.67. The van der Waals surface area contributed by atoms with Gasteiger partial charge in [-0.25, -0.2) is 13.1 Å². The lowest BCUT2D eigenvalue weighted by Crippen LogP contribution is -2.27. The summed E-state index contributed by atoms with van der Waals surface area (Å²) in [5, 5.41) is 9.12. The van der Waals surface area contributed by atoms with Gasteiger partial charge in [0.25, 0.3) is 10.0 Å². The Morgan fingerprint density at radius 1 is 1.33 bits per heavy atom. The molecule has 10 heteroatoms. The van der Waals surface area contributed by atoms with E-state index in [2.05, 4.69) is 20.2 Å². The number of alkyl halides is 3. The third-order valence-electron chi connectivity index (χ3n) is 2.77. The van der Waals surface area contributed by atoms with Crippen LogP contribution in [0.1, 0.15) is 31.0 Å². The van der Waals surface area contributed by atoms with Crippen LogP contribution < -0.4 is 10.0 Å². The normalized spacial score (nSPS) is 12.8. The van der Waals surface area contributed by atoms with E-state index >= 15 is 0 Å². The highest BCUT2D eigenvalue weighted by Gasteiger charge is 2.27. The average molecular weight is 328 g/mol. The van der Waals surface area contributed by atoms with E-state index in [0.717, 1.165) is 0 Å². The first-order valence-electron chi connectivity index (χ1n) is 6.48. The number of rotatable bonds is 8. The molecule has 0 fully saturated rings. The minimum absolute atomic E-state index is 0.173. The van der Waals surface area contributed by atoms with Gasteiger partial charge in [-0.15, -0.1) is 0 Å². The van der Waals surface area contributed by atoms with Crippen LogP contribution in [0.2, 0.25) is 0 Å². The zero-order valence-corrected chi connectivity index (χ0v) is 12.7. The fourth-order valence-electron chi connectivity index (χ4n) is 1.67. The SMILES string of the molecule is CCNCc1c(S(=O)(=O)NCCCC(F)(F)F)n[nH]c1C. The van der Waals surface area contributed by atoms with Gasteiger partial charge in [-0.3, -0.25) is 5.10 Å². The molecule has 0 spiro atoms. The highest BCUT2D eigenvalue weighted by atomic mass is 32.2. The summed E-state index contributed by atoms with van der Waals surface area (Å²) in [6, 6.07) is 0. The predicted molar refractivity (Wildman–Crippen MR) is 71.2 cm³/mol. The lowest BCUT2D eigenvalue weighted by molar-refractivity contribution is -0.135. The number of hydrogen-bond donors (Lipinski definition) is 3. The van der Waals surface area contributed by atoms with Crippen molar-refractivity contribution in [1.29, 1.82) is 0 Å². The molecule has 0 unspecified atom stereocenters. The molecule has 0 saturated heterocycles. The zero-order valence-electron chi connectivity index (χ0n) is 11.8. The van der Waals surface area contributed by atoms with Crippen molar-refractivity contribution in [3.63, 3.8) is 0 Å². The molecule has 0 amide bonds. The summed E-state index contributed by atoms with van der Waals surface area (Å²) in [6.45, 7) is 4.25. The lowest BCUT2D eigenvalue weighted by atomic mass is 10.2. The molecule has 21 heavy (non-hydrogen) atoms. The molecule has 122 valence electrons. The van der Waals surface area contributed by atoms with Crippen LogP contribution in [0.25, 0.3) is 0 Å². The Kier molecular flexibility index (Phi) is 6.17. The van der Waals surface area contributed by atoms with Gasteiger partial charge in [-0.2, -0.15) is 18.3 Å². The molecule has 6 nitrogen and oxygen atoms in total. The maximum Gasteiger partial charge on any atom is 0.389 e. The second-order valence-electron chi connectivity index (χ2n) is 4.53. The Hall–Kier alpha value is -1.13. The van der Waals surface area contributed by atoms with Crippen LogP contribution in [0, 0.1) is 6.92 Å². The van der Waals surface area contributed by atoms with Gasteiger partial charge in [0.1, 0.15) is 0 Å². The van der Waals surface area contributed by atoms with E-state index in [0.29, 0.717) is 24.3 Å². The number of H-pyrrole nitrogens is 1. The van der Waals surface area contributed by atoms with Crippen molar-refractivity contribution < 1.29 is 21.6 Å². The number of sulfonamides is 1. The van der Waals surface area contributed by atoms with E-state index in [-0.39, 0.29) is 18.0 Å². The van der Waals surface area contributed by atoms with Crippen LogP contribution in [0.15, 0.2) is 5.03 Å². The minimum atomic E-state index is -4.29. The van der Waals surface area contributed by atoms with Crippen LogP contribution in [0.5, 0.6) is 0 Å². The summed E-state index contributed by atoms with van der Waals surface area (Å²) >= 11 is 0. The number of halogens is 3. The highest BCUT2D eigenvalue weighted by Crippen LogP contribution is 2.21. The van der Waals surface area contributed by atoms with Crippen molar-refractivity contribution in [3.8, 4) is 0 Å². The summed E-state index contributed by atoms with van der Waals surface area (Å²) < 4.78 is 62.3. The smallest absolute Gasteiger partial charge is 0.313 e. The predicted octanol–water partition coefficient (Wildman–Crippen LogP) is 1.45. The monoisotopic (exact) mass is 328 g/mol. The molecule has 1 aromatic heterocycles. The number of aromatic nitrogens is 2. The maximum absolute atomic E-state index is 12.1. The van der Waals surface area contributed by atoms with E-state index in [9.17, 15) is 21.6 Å². The van der Waals surface area contributed by atoms with Gasteiger partial charge in [0.15, 0.2) is 5.03 Å². The minimum Gasteiger partial charge on any atom is -0.313 e. The summed E-state index contributed by atoms with van der Waals surface area (Å²) in [5.74, 6) is 0. The van der Waals surface area contributed by atoms with Crippen molar-refractivity contribution in [2.24, 2.45) is 0 Å². The molecule has 0 aliphatic heterocycles. The first kappa shape index (κ1) is 17.9. The molecule has 1 aromatic rings. The number of aryl methyl sites for hydroxylation is 1. The molecule has 0 aliphatic carbocycles. The van der Waals surface area contributed by atoms with Crippen molar-refractivity contribution in [2.75, 3.05) is 13.1 Å². The van der Waals surface area contributed by atoms with Crippen molar-refractivity contribution in [2.45, 2.75) is 44.4 Å². The molecule has 0 aromatic carbocycles. The average Bonchev–Trinajstić information content (AvgIpc) is 2.73. The van der Waals surface area contributed by atoms with Gasteiger partial charge < -0.3 is 5.32 Å². The third kappa shape index (κ3) is 5.64.